The maximum atomic E-state index is 10.6. The van der Waals surface area contributed by atoms with Gasteiger partial charge in [0.2, 0.25) is 0 Å². The Labute approximate surface area is 102 Å². The van der Waals surface area contributed by atoms with E-state index in [1.807, 2.05) is 0 Å². The summed E-state index contributed by atoms with van der Waals surface area (Å²) in [6, 6.07) is 3.06. The normalized spacial score (nSPS) is 10.2. The number of hydrogen-bond donors (Lipinski definition) is 1. The van der Waals surface area contributed by atoms with E-state index >= 15 is 0 Å². The molecule has 0 radical (unpaired) electrons. The van der Waals surface area contributed by atoms with Gasteiger partial charge in [0.25, 0.3) is 5.69 Å². The summed E-state index contributed by atoms with van der Waals surface area (Å²) in [5, 5.41) is 13.7. The lowest BCUT2D eigenvalue weighted by Gasteiger charge is -2.04. The summed E-state index contributed by atoms with van der Waals surface area (Å²) >= 11 is 1.54. The highest BCUT2D eigenvalue weighted by molar-refractivity contribution is 7.09. The van der Waals surface area contributed by atoms with E-state index in [2.05, 4.69) is 15.3 Å². The van der Waals surface area contributed by atoms with Crippen molar-refractivity contribution in [2.45, 2.75) is 13.5 Å². The van der Waals surface area contributed by atoms with Crippen LogP contribution in [0.1, 0.15) is 10.6 Å². The van der Waals surface area contributed by atoms with Gasteiger partial charge in [-0.05, 0) is 13.0 Å². The number of aryl methyl sites for hydroxylation is 1. The van der Waals surface area contributed by atoms with Crippen LogP contribution in [-0.2, 0) is 6.54 Å². The van der Waals surface area contributed by atoms with Crippen LogP contribution in [0.15, 0.2) is 23.8 Å². The molecule has 2 heterocycles. The van der Waals surface area contributed by atoms with E-state index in [4.69, 9.17) is 0 Å². The van der Waals surface area contributed by atoms with E-state index in [1.54, 1.807) is 36.0 Å². The average molecular weight is 250 g/mol. The van der Waals surface area contributed by atoms with E-state index < -0.39 is 4.92 Å². The van der Waals surface area contributed by atoms with Crippen LogP contribution < -0.4 is 5.32 Å². The molecule has 17 heavy (non-hydrogen) atoms. The van der Waals surface area contributed by atoms with Crippen molar-refractivity contribution in [3.05, 3.63) is 44.5 Å². The first-order chi connectivity index (χ1) is 8.16. The summed E-state index contributed by atoms with van der Waals surface area (Å²) in [5.74, 6) is 0.626. The maximum absolute atomic E-state index is 10.6. The highest BCUT2D eigenvalue weighted by Crippen LogP contribution is 2.18. The third-order valence-electron chi connectivity index (χ3n) is 2.18. The molecule has 0 unspecified atom stereocenters. The van der Waals surface area contributed by atoms with Crippen molar-refractivity contribution in [3.63, 3.8) is 0 Å². The lowest BCUT2D eigenvalue weighted by molar-refractivity contribution is -0.385. The second kappa shape index (κ2) is 4.88. The molecular weight excluding hydrogens is 240 g/mol. The minimum absolute atomic E-state index is 0.0355. The zero-order valence-corrected chi connectivity index (χ0v) is 9.90. The average Bonchev–Trinajstić information content (AvgIpc) is 2.78. The highest BCUT2D eigenvalue weighted by Gasteiger charge is 2.11. The number of hydrogen-bond acceptors (Lipinski definition) is 6. The lowest BCUT2D eigenvalue weighted by atomic mass is 10.3. The quantitative estimate of drug-likeness (QED) is 0.665. The van der Waals surface area contributed by atoms with Crippen LogP contribution in [0.25, 0.3) is 0 Å². The number of pyridine rings is 1. The molecule has 0 fully saturated rings. The Morgan fingerprint density at radius 3 is 2.94 bits per heavy atom. The lowest BCUT2D eigenvalue weighted by Crippen LogP contribution is -2.02. The second-order valence-electron chi connectivity index (χ2n) is 3.38. The Morgan fingerprint density at radius 1 is 1.53 bits per heavy atom. The summed E-state index contributed by atoms with van der Waals surface area (Å²) in [5.41, 5.74) is 2.20. The van der Waals surface area contributed by atoms with Crippen LogP contribution in [0.2, 0.25) is 0 Å². The van der Waals surface area contributed by atoms with Crippen LogP contribution in [0.3, 0.4) is 0 Å². The Kier molecular flexibility index (Phi) is 3.29. The van der Waals surface area contributed by atoms with Crippen molar-refractivity contribution in [2.75, 3.05) is 5.32 Å². The molecular formula is C10H10N4O2S. The Balaban J connectivity index is 2.07. The van der Waals surface area contributed by atoms with Crippen molar-refractivity contribution in [1.82, 2.24) is 9.97 Å². The van der Waals surface area contributed by atoms with E-state index in [-0.39, 0.29) is 5.69 Å². The van der Waals surface area contributed by atoms with Crippen LogP contribution in [0, 0.1) is 17.0 Å². The molecule has 2 aromatic heterocycles. The third-order valence-corrected chi connectivity index (χ3v) is 2.96. The predicted molar refractivity (Wildman–Crippen MR) is 65.1 cm³/mol. The Hall–Kier alpha value is -2.02. The summed E-state index contributed by atoms with van der Waals surface area (Å²) in [6.07, 6.45) is 1.77. The van der Waals surface area contributed by atoms with E-state index in [1.165, 1.54) is 6.07 Å². The number of nitrogens with one attached hydrogen (secondary N) is 1. The first kappa shape index (κ1) is 11.5. The molecule has 1 N–H and O–H groups in total. The molecule has 88 valence electrons. The van der Waals surface area contributed by atoms with E-state index in [0.717, 1.165) is 4.88 Å². The molecule has 0 atom stereocenters. The molecule has 0 saturated heterocycles. The van der Waals surface area contributed by atoms with Gasteiger partial charge in [-0.15, -0.1) is 11.3 Å². The van der Waals surface area contributed by atoms with Gasteiger partial charge in [0.05, 0.1) is 17.0 Å². The van der Waals surface area contributed by atoms with Gasteiger partial charge in [0.15, 0.2) is 0 Å². The van der Waals surface area contributed by atoms with Gasteiger partial charge in [-0.25, -0.2) is 4.98 Å². The summed E-state index contributed by atoms with van der Waals surface area (Å²) in [6.45, 7) is 2.24. The summed E-state index contributed by atoms with van der Waals surface area (Å²) in [4.78, 5) is 19.4. The molecule has 7 heteroatoms. The highest BCUT2D eigenvalue weighted by atomic mass is 32.1. The molecule has 2 aromatic rings. The number of nitrogens with zero attached hydrogens (tertiary/aromatic N) is 3. The zero-order chi connectivity index (χ0) is 12.3. The third kappa shape index (κ3) is 2.76. The number of rotatable bonds is 4. The largest absolute Gasteiger partial charge is 0.365 e. The van der Waals surface area contributed by atoms with Crippen LogP contribution in [0.4, 0.5) is 11.5 Å². The fraction of sp³-hybridized carbons (Fsp3) is 0.200. The van der Waals surface area contributed by atoms with Crippen LogP contribution >= 0.6 is 11.3 Å². The second-order valence-corrected chi connectivity index (χ2v) is 4.35. The monoisotopic (exact) mass is 250 g/mol. The van der Waals surface area contributed by atoms with Crippen molar-refractivity contribution in [3.8, 4) is 0 Å². The summed E-state index contributed by atoms with van der Waals surface area (Å²) in [7, 11) is 0. The summed E-state index contributed by atoms with van der Waals surface area (Å²) < 4.78 is 0. The maximum Gasteiger partial charge on any atom is 0.290 e. The smallest absolute Gasteiger partial charge is 0.290 e. The minimum atomic E-state index is -0.435. The molecule has 0 spiro atoms. The minimum Gasteiger partial charge on any atom is -0.365 e. The zero-order valence-electron chi connectivity index (χ0n) is 9.08. The topological polar surface area (TPSA) is 81.0 Å². The standard InChI is InChI=1S/C10H10N4O2S/c1-7-9(14(15)16)2-3-10(13-7)12-5-8-4-11-6-17-8/h2-4,6H,5H2,1H3,(H,12,13). The number of thiazole rings is 1. The van der Waals surface area contributed by atoms with Crippen molar-refractivity contribution in [1.29, 1.82) is 0 Å². The molecule has 0 bridgehead atoms. The Bertz CT molecular complexity index is 527. The van der Waals surface area contributed by atoms with Gasteiger partial charge in [0.1, 0.15) is 11.5 Å². The van der Waals surface area contributed by atoms with E-state index in [9.17, 15) is 10.1 Å². The number of anilines is 1. The number of nitro groups is 1. The Morgan fingerprint density at radius 2 is 2.35 bits per heavy atom. The van der Waals surface area contributed by atoms with Crippen molar-refractivity contribution >= 4 is 22.8 Å². The molecule has 0 saturated carbocycles. The fourth-order valence-electron chi connectivity index (χ4n) is 1.35. The molecule has 0 aromatic carbocycles. The SMILES string of the molecule is Cc1nc(NCc2cncs2)ccc1[N+](=O)[O-]. The molecule has 0 aliphatic rings. The van der Waals surface area contributed by atoms with Gasteiger partial charge in [-0.1, -0.05) is 0 Å². The number of aromatic nitrogens is 2. The molecule has 0 aliphatic heterocycles. The van der Waals surface area contributed by atoms with Gasteiger partial charge >= 0.3 is 0 Å². The fourth-order valence-corrected chi connectivity index (χ4v) is 1.89. The van der Waals surface area contributed by atoms with Gasteiger partial charge < -0.3 is 5.32 Å². The van der Waals surface area contributed by atoms with Crippen molar-refractivity contribution in [2.24, 2.45) is 0 Å². The van der Waals surface area contributed by atoms with E-state index in [0.29, 0.717) is 18.1 Å². The van der Waals surface area contributed by atoms with Crippen molar-refractivity contribution < 1.29 is 4.92 Å². The molecule has 2 rings (SSSR count). The molecule has 6 nitrogen and oxygen atoms in total. The first-order valence-corrected chi connectivity index (χ1v) is 5.78. The first-order valence-electron chi connectivity index (χ1n) is 4.90. The van der Waals surface area contributed by atoms with Crippen LogP contribution in [-0.4, -0.2) is 14.9 Å². The van der Waals surface area contributed by atoms with Gasteiger partial charge in [-0.2, -0.15) is 0 Å². The predicted octanol–water partition coefficient (Wildman–Crippen LogP) is 2.37. The molecule has 0 aliphatic carbocycles. The molecule has 0 amide bonds. The van der Waals surface area contributed by atoms with Crippen LogP contribution in [0.5, 0.6) is 0 Å². The van der Waals surface area contributed by atoms with Gasteiger partial charge in [-0.3, -0.25) is 15.1 Å². The van der Waals surface area contributed by atoms with Gasteiger partial charge in [0, 0.05) is 17.1 Å².